The van der Waals surface area contributed by atoms with Gasteiger partial charge in [0.15, 0.2) is 0 Å². The first-order valence-corrected chi connectivity index (χ1v) is 10.2. The van der Waals surface area contributed by atoms with Crippen molar-refractivity contribution in [2.75, 3.05) is 7.11 Å². The molecule has 0 bridgehead atoms. The molecule has 0 amide bonds. The molecule has 0 saturated heterocycles. The molecule has 5 heteroatoms. The number of nitrogens with zero attached hydrogens (tertiary/aromatic N) is 2. The summed E-state index contributed by atoms with van der Waals surface area (Å²) in [5, 5.41) is 0. The van der Waals surface area contributed by atoms with E-state index in [4.69, 9.17) is 9.47 Å². The Hall–Kier alpha value is -3.86. The average Bonchev–Trinajstić information content (AvgIpc) is 3.15. The molecule has 31 heavy (non-hydrogen) atoms. The summed E-state index contributed by atoms with van der Waals surface area (Å²) in [7, 11) is 1.39. The van der Waals surface area contributed by atoms with Crippen molar-refractivity contribution in [3.8, 4) is 5.75 Å². The van der Waals surface area contributed by atoms with E-state index in [-0.39, 0.29) is 5.97 Å². The fraction of sp³-hybridized carbons (Fsp3) is 0.154. The van der Waals surface area contributed by atoms with Crippen LogP contribution in [0, 0.1) is 6.92 Å². The van der Waals surface area contributed by atoms with E-state index in [1.54, 1.807) is 6.07 Å². The van der Waals surface area contributed by atoms with E-state index in [0.29, 0.717) is 18.7 Å². The topological polar surface area (TPSA) is 53.4 Å². The fourth-order valence-corrected chi connectivity index (χ4v) is 4.18. The number of allylic oxidation sites excluding steroid dienone is 1. The van der Waals surface area contributed by atoms with Crippen LogP contribution in [0.25, 0.3) is 16.6 Å². The van der Waals surface area contributed by atoms with Crippen molar-refractivity contribution >= 4 is 22.6 Å². The van der Waals surface area contributed by atoms with Gasteiger partial charge in [0.2, 0.25) is 0 Å². The summed E-state index contributed by atoms with van der Waals surface area (Å²) in [6.45, 7) is 3.22. The van der Waals surface area contributed by atoms with E-state index in [1.165, 1.54) is 12.7 Å². The number of carbonyl (C=O) groups excluding carboxylic acids is 1. The maximum atomic E-state index is 12.2. The zero-order valence-corrected chi connectivity index (χ0v) is 17.5. The number of rotatable bonds is 3. The number of esters is 1. The number of aryl methyl sites for hydroxylation is 1. The van der Waals surface area contributed by atoms with E-state index in [1.807, 2.05) is 42.7 Å². The zero-order chi connectivity index (χ0) is 21.4. The predicted molar refractivity (Wildman–Crippen MR) is 120 cm³/mol. The van der Waals surface area contributed by atoms with Crippen molar-refractivity contribution in [1.29, 1.82) is 0 Å². The maximum Gasteiger partial charge on any atom is 0.337 e. The summed E-state index contributed by atoms with van der Waals surface area (Å²) in [6, 6.07) is 19.8. The molecule has 0 fully saturated rings. The second-order valence-electron chi connectivity index (χ2n) is 7.61. The van der Waals surface area contributed by atoms with Crippen molar-refractivity contribution in [1.82, 2.24) is 9.55 Å². The molecule has 5 nitrogen and oxygen atoms in total. The van der Waals surface area contributed by atoms with E-state index in [2.05, 4.69) is 40.7 Å². The van der Waals surface area contributed by atoms with Crippen molar-refractivity contribution < 1.29 is 14.3 Å². The normalized spacial score (nSPS) is 13.9. The lowest BCUT2D eigenvalue weighted by molar-refractivity contribution is 0.0600. The Bertz CT molecular complexity index is 1330. The van der Waals surface area contributed by atoms with Gasteiger partial charge in [-0.25, -0.2) is 9.78 Å². The lowest BCUT2D eigenvalue weighted by Gasteiger charge is -2.13. The molecule has 1 aliphatic heterocycles. The van der Waals surface area contributed by atoms with Crippen LogP contribution >= 0.6 is 0 Å². The summed E-state index contributed by atoms with van der Waals surface area (Å²) < 4.78 is 13.2. The molecule has 0 radical (unpaired) electrons. The number of hydrogen-bond acceptors (Lipinski definition) is 4. The van der Waals surface area contributed by atoms with Gasteiger partial charge < -0.3 is 14.0 Å². The summed E-state index contributed by atoms with van der Waals surface area (Å²) in [4.78, 5) is 16.7. The molecule has 0 unspecified atom stereocenters. The smallest absolute Gasteiger partial charge is 0.337 e. The van der Waals surface area contributed by atoms with Gasteiger partial charge in [0.25, 0.3) is 0 Å². The van der Waals surface area contributed by atoms with E-state index < -0.39 is 0 Å². The minimum Gasteiger partial charge on any atom is -0.488 e. The molecule has 0 spiro atoms. The SMILES string of the molecule is COC(=O)c1ccc2c(c1)/C(=C/Cn1cnc3cccc(C)c31)c1ccccc1CO2. The Balaban J connectivity index is 1.66. The Morgan fingerprint density at radius 3 is 2.87 bits per heavy atom. The van der Waals surface area contributed by atoms with Crippen LogP contribution in [0.2, 0.25) is 0 Å². The Kier molecular flexibility index (Phi) is 4.79. The highest BCUT2D eigenvalue weighted by Gasteiger charge is 2.21. The highest BCUT2D eigenvalue weighted by Crippen LogP contribution is 2.37. The molecule has 0 aliphatic carbocycles. The van der Waals surface area contributed by atoms with Crippen LogP contribution < -0.4 is 4.74 Å². The van der Waals surface area contributed by atoms with Crippen molar-refractivity contribution in [2.24, 2.45) is 0 Å². The Labute approximate surface area is 180 Å². The number of para-hydroxylation sites is 1. The van der Waals surface area contributed by atoms with Gasteiger partial charge in [-0.15, -0.1) is 0 Å². The Morgan fingerprint density at radius 2 is 2.00 bits per heavy atom. The highest BCUT2D eigenvalue weighted by atomic mass is 16.5. The molecular formula is C26H22N2O3. The molecule has 1 aromatic heterocycles. The molecule has 1 aliphatic rings. The number of carbonyl (C=O) groups is 1. The minimum atomic E-state index is -0.365. The summed E-state index contributed by atoms with van der Waals surface area (Å²) in [5.74, 6) is 0.387. The van der Waals surface area contributed by atoms with Gasteiger partial charge in [-0.2, -0.15) is 0 Å². The molecule has 4 aromatic rings. The standard InChI is InChI=1S/C26H22N2O3/c1-17-6-5-9-23-25(17)28(16-27-23)13-12-21-20-8-4-3-7-19(20)15-31-24-11-10-18(14-22(21)24)26(29)30-2/h3-12,14,16H,13,15H2,1-2H3/b21-12+. The van der Waals surface area contributed by atoms with E-state index in [9.17, 15) is 4.79 Å². The van der Waals surface area contributed by atoms with Gasteiger partial charge in [-0.05, 0) is 53.5 Å². The molecule has 5 rings (SSSR count). The number of hydrogen-bond donors (Lipinski definition) is 0. The first-order chi connectivity index (χ1) is 15.2. The molecule has 0 N–H and O–H groups in total. The van der Waals surface area contributed by atoms with Crippen LogP contribution in [0.4, 0.5) is 0 Å². The lowest BCUT2D eigenvalue weighted by atomic mass is 9.93. The first-order valence-electron chi connectivity index (χ1n) is 10.2. The first kappa shape index (κ1) is 19.1. The predicted octanol–water partition coefficient (Wildman–Crippen LogP) is 5.16. The van der Waals surface area contributed by atoms with Crippen molar-refractivity contribution in [3.63, 3.8) is 0 Å². The number of aromatic nitrogens is 2. The van der Waals surface area contributed by atoms with Gasteiger partial charge in [-0.3, -0.25) is 0 Å². The van der Waals surface area contributed by atoms with Gasteiger partial charge in [0.1, 0.15) is 12.4 Å². The molecule has 154 valence electrons. The molecule has 0 saturated carbocycles. The highest BCUT2D eigenvalue weighted by molar-refractivity contribution is 5.93. The second-order valence-corrected chi connectivity index (χ2v) is 7.61. The Morgan fingerprint density at radius 1 is 1.13 bits per heavy atom. The second kappa shape index (κ2) is 7.76. The quantitative estimate of drug-likeness (QED) is 0.438. The zero-order valence-electron chi connectivity index (χ0n) is 17.5. The number of fused-ring (bicyclic) bond motifs is 3. The number of imidazole rings is 1. The van der Waals surface area contributed by atoms with Gasteiger partial charge in [0, 0.05) is 12.1 Å². The lowest BCUT2D eigenvalue weighted by Crippen LogP contribution is -2.03. The minimum absolute atomic E-state index is 0.365. The van der Waals surface area contributed by atoms with Crippen LogP contribution in [0.5, 0.6) is 5.75 Å². The van der Waals surface area contributed by atoms with Gasteiger partial charge in [0.05, 0.1) is 30.0 Å². The van der Waals surface area contributed by atoms with Crippen LogP contribution in [0.15, 0.2) is 73.1 Å². The van der Waals surface area contributed by atoms with Crippen LogP contribution in [-0.2, 0) is 17.9 Å². The summed E-state index contributed by atoms with van der Waals surface area (Å²) in [5.41, 5.74) is 7.92. The van der Waals surface area contributed by atoms with Crippen LogP contribution in [0.1, 0.15) is 32.6 Å². The molecular weight excluding hydrogens is 388 g/mol. The molecule has 3 aromatic carbocycles. The van der Waals surface area contributed by atoms with Crippen LogP contribution in [0.3, 0.4) is 0 Å². The largest absolute Gasteiger partial charge is 0.488 e. The fourth-order valence-electron chi connectivity index (χ4n) is 4.18. The number of benzene rings is 3. The third-order valence-electron chi connectivity index (χ3n) is 5.71. The van der Waals surface area contributed by atoms with Gasteiger partial charge in [-0.1, -0.05) is 42.5 Å². The number of methoxy groups -OCH3 is 1. The maximum absolute atomic E-state index is 12.2. The molecule has 2 heterocycles. The van der Waals surface area contributed by atoms with Crippen LogP contribution in [-0.4, -0.2) is 22.6 Å². The third kappa shape index (κ3) is 3.38. The monoisotopic (exact) mass is 410 g/mol. The summed E-state index contributed by atoms with van der Waals surface area (Å²) in [6.07, 6.45) is 4.06. The van der Waals surface area contributed by atoms with E-state index >= 15 is 0 Å². The van der Waals surface area contributed by atoms with Gasteiger partial charge >= 0.3 is 5.97 Å². The van der Waals surface area contributed by atoms with E-state index in [0.717, 1.165) is 39.0 Å². The third-order valence-corrected chi connectivity index (χ3v) is 5.71. The summed E-state index contributed by atoms with van der Waals surface area (Å²) >= 11 is 0. The molecule has 0 atom stereocenters. The number of ether oxygens (including phenoxy) is 2. The van der Waals surface area contributed by atoms with Crippen molar-refractivity contribution in [2.45, 2.75) is 20.1 Å². The van der Waals surface area contributed by atoms with Crippen molar-refractivity contribution in [3.05, 3.63) is 101 Å². The average molecular weight is 410 g/mol.